The van der Waals surface area contributed by atoms with E-state index in [0.717, 1.165) is 4.31 Å². The number of rotatable bonds is 8. The molecule has 144 valence electrons. The summed E-state index contributed by atoms with van der Waals surface area (Å²) in [6, 6.07) is 4.09. The maximum atomic E-state index is 12.2. The van der Waals surface area contributed by atoms with Gasteiger partial charge >= 0.3 is 5.97 Å². The molecular weight excluding hydrogens is 362 g/mol. The van der Waals surface area contributed by atoms with Gasteiger partial charge in [0.15, 0.2) is 6.61 Å². The van der Waals surface area contributed by atoms with Crippen LogP contribution in [0.25, 0.3) is 0 Å². The van der Waals surface area contributed by atoms with Crippen LogP contribution in [-0.2, 0) is 24.3 Å². The third kappa shape index (κ3) is 5.81. The molecule has 0 unspecified atom stereocenters. The van der Waals surface area contributed by atoms with Crippen LogP contribution in [0.3, 0.4) is 0 Å². The normalized spacial score (nSPS) is 11.1. The molecule has 0 bridgehead atoms. The first-order valence-electron chi connectivity index (χ1n) is 7.83. The van der Waals surface area contributed by atoms with Crippen LogP contribution in [0, 0.1) is 6.92 Å². The van der Waals surface area contributed by atoms with Crippen molar-refractivity contribution in [2.24, 2.45) is 0 Å². The lowest BCUT2D eigenvalue weighted by molar-refractivity contribution is -0.127. The Labute approximate surface area is 152 Å². The van der Waals surface area contributed by atoms with Crippen molar-refractivity contribution in [1.82, 2.24) is 14.9 Å². The number of hydrogen-bond donors (Lipinski definition) is 2. The topological polar surface area (TPSA) is 122 Å². The van der Waals surface area contributed by atoms with Gasteiger partial charge in [-0.25, -0.2) is 17.5 Å². The summed E-state index contributed by atoms with van der Waals surface area (Å²) in [5.41, 5.74) is 0.555. The van der Waals surface area contributed by atoms with Crippen molar-refractivity contribution in [2.75, 3.05) is 33.8 Å². The monoisotopic (exact) mass is 385 g/mol. The number of nitrogens with one attached hydrogen (secondary N) is 2. The number of sulfonamides is 1. The molecule has 1 aromatic carbocycles. The number of carbonyl (C=O) groups excluding carboxylic acids is 3. The summed E-state index contributed by atoms with van der Waals surface area (Å²) < 4.78 is 30.2. The number of likely N-dealkylation sites (N-methyl/N-ethyl adjacent to an activating group) is 1. The van der Waals surface area contributed by atoms with Crippen molar-refractivity contribution < 1.29 is 27.5 Å². The zero-order valence-corrected chi connectivity index (χ0v) is 16.0. The fourth-order valence-corrected chi connectivity index (χ4v) is 2.82. The highest BCUT2D eigenvalue weighted by molar-refractivity contribution is 7.89. The summed E-state index contributed by atoms with van der Waals surface area (Å²) in [5.74, 6) is -1.82. The molecule has 2 amide bonds. The molecule has 0 fully saturated rings. The first-order chi connectivity index (χ1) is 12.1. The highest BCUT2D eigenvalue weighted by Gasteiger charge is 2.21. The van der Waals surface area contributed by atoms with E-state index in [2.05, 4.69) is 10.6 Å². The molecule has 10 heteroatoms. The fraction of sp³-hybridized carbons (Fsp3) is 0.438. The average Bonchev–Trinajstić information content (AvgIpc) is 2.58. The maximum absolute atomic E-state index is 12.2. The number of nitrogens with zero attached hydrogens (tertiary/aromatic N) is 1. The van der Waals surface area contributed by atoms with Crippen LogP contribution in [0.2, 0.25) is 0 Å². The molecule has 1 rings (SSSR count). The Hall–Kier alpha value is -2.46. The Morgan fingerprint density at radius 2 is 1.77 bits per heavy atom. The number of ether oxygens (including phenoxy) is 1. The fourth-order valence-electron chi connectivity index (χ4n) is 1.89. The molecule has 0 heterocycles. The highest BCUT2D eigenvalue weighted by atomic mass is 32.2. The second-order valence-corrected chi connectivity index (χ2v) is 7.72. The summed E-state index contributed by atoms with van der Waals surface area (Å²) in [6.07, 6.45) is 0. The number of carbonyl (C=O) groups is 3. The zero-order chi connectivity index (χ0) is 19.9. The number of benzene rings is 1. The lowest BCUT2D eigenvalue weighted by atomic mass is 10.1. The standard InChI is InChI=1S/C16H23N3O6S/c1-5-17-14(20)9-18-15(21)10-25-16(22)13-8-12(7-6-11(13)2)26(23,24)19(3)4/h6-8H,5,9-10H2,1-4H3,(H,17,20)(H,18,21). The van der Waals surface area contributed by atoms with Gasteiger partial charge in [-0.05, 0) is 31.5 Å². The van der Waals surface area contributed by atoms with E-state index < -0.39 is 28.5 Å². The molecule has 0 saturated heterocycles. The molecule has 0 aliphatic heterocycles. The number of hydrogen-bond acceptors (Lipinski definition) is 6. The molecule has 0 aromatic heterocycles. The lowest BCUT2D eigenvalue weighted by Gasteiger charge is -2.13. The third-order valence-corrected chi connectivity index (χ3v) is 5.17. The molecule has 9 nitrogen and oxygen atoms in total. The van der Waals surface area contributed by atoms with Gasteiger partial charge in [-0.15, -0.1) is 0 Å². The van der Waals surface area contributed by atoms with Crippen LogP contribution >= 0.6 is 0 Å². The van der Waals surface area contributed by atoms with Gasteiger partial charge in [-0.1, -0.05) is 6.07 Å². The molecule has 0 spiro atoms. The van der Waals surface area contributed by atoms with Crippen molar-refractivity contribution >= 4 is 27.8 Å². The second kappa shape index (κ2) is 9.30. The highest BCUT2D eigenvalue weighted by Crippen LogP contribution is 2.18. The van der Waals surface area contributed by atoms with Crippen LogP contribution < -0.4 is 10.6 Å². The zero-order valence-electron chi connectivity index (χ0n) is 15.2. The minimum Gasteiger partial charge on any atom is -0.452 e. The van der Waals surface area contributed by atoms with E-state index in [4.69, 9.17) is 4.74 Å². The predicted octanol–water partition coefficient (Wildman–Crippen LogP) is -0.346. The Morgan fingerprint density at radius 3 is 2.35 bits per heavy atom. The summed E-state index contributed by atoms with van der Waals surface area (Å²) in [7, 11) is -0.940. The van der Waals surface area contributed by atoms with Gasteiger partial charge in [0, 0.05) is 20.6 Å². The van der Waals surface area contributed by atoms with Crippen molar-refractivity contribution in [1.29, 1.82) is 0 Å². The molecule has 26 heavy (non-hydrogen) atoms. The lowest BCUT2D eigenvalue weighted by Crippen LogP contribution is -2.38. The van der Waals surface area contributed by atoms with Crippen molar-refractivity contribution in [3.8, 4) is 0 Å². The number of amides is 2. The third-order valence-electron chi connectivity index (χ3n) is 3.36. The van der Waals surface area contributed by atoms with E-state index in [1.807, 2.05) is 0 Å². The van der Waals surface area contributed by atoms with Crippen LogP contribution in [-0.4, -0.2) is 64.3 Å². The van der Waals surface area contributed by atoms with Gasteiger partial charge in [0.05, 0.1) is 17.0 Å². The van der Waals surface area contributed by atoms with E-state index in [1.165, 1.54) is 32.3 Å². The van der Waals surface area contributed by atoms with E-state index in [0.29, 0.717) is 12.1 Å². The number of aryl methyl sites for hydroxylation is 1. The molecule has 0 saturated carbocycles. The molecule has 0 aliphatic rings. The molecule has 2 N–H and O–H groups in total. The van der Waals surface area contributed by atoms with Crippen LogP contribution in [0.4, 0.5) is 0 Å². The summed E-state index contributed by atoms with van der Waals surface area (Å²) in [5, 5.41) is 4.81. The Bertz CT molecular complexity index is 789. The summed E-state index contributed by atoms with van der Waals surface area (Å²) in [6.45, 7) is 3.00. The van der Waals surface area contributed by atoms with E-state index in [-0.39, 0.29) is 22.9 Å². The van der Waals surface area contributed by atoms with Crippen molar-refractivity contribution in [2.45, 2.75) is 18.7 Å². The summed E-state index contributed by atoms with van der Waals surface area (Å²) >= 11 is 0. The molecule has 0 aliphatic carbocycles. The number of esters is 1. The van der Waals surface area contributed by atoms with Crippen LogP contribution in [0.15, 0.2) is 23.1 Å². The Kier molecular flexibility index (Phi) is 7.72. The first-order valence-corrected chi connectivity index (χ1v) is 9.27. The Balaban J connectivity index is 2.76. The van der Waals surface area contributed by atoms with Crippen LogP contribution in [0.1, 0.15) is 22.8 Å². The predicted molar refractivity (Wildman–Crippen MR) is 94.0 cm³/mol. The van der Waals surface area contributed by atoms with Gasteiger partial charge in [0.1, 0.15) is 0 Å². The molecule has 0 atom stereocenters. The quantitative estimate of drug-likeness (QED) is 0.590. The smallest absolute Gasteiger partial charge is 0.338 e. The van der Waals surface area contributed by atoms with Gasteiger partial charge in [-0.3, -0.25) is 9.59 Å². The van der Waals surface area contributed by atoms with Crippen LogP contribution in [0.5, 0.6) is 0 Å². The largest absolute Gasteiger partial charge is 0.452 e. The van der Waals surface area contributed by atoms with Crippen molar-refractivity contribution in [3.05, 3.63) is 29.3 Å². The van der Waals surface area contributed by atoms with Crippen molar-refractivity contribution in [3.63, 3.8) is 0 Å². The van der Waals surface area contributed by atoms with E-state index in [1.54, 1.807) is 13.8 Å². The second-order valence-electron chi connectivity index (χ2n) is 5.57. The first kappa shape index (κ1) is 21.6. The van der Waals surface area contributed by atoms with E-state index in [9.17, 15) is 22.8 Å². The maximum Gasteiger partial charge on any atom is 0.338 e. The average molecular weight is 385 g/mol. The van der Waals surface area contributed by atoms with Gasteiger partial charge in [-0.2, -0.15) is 0 Å². The molecule has 0 radical (unpaired) electrons. The Morgan fingerprint density at radius 1 is 1.12 bits per heavy atom. The molecular formula is C16H23N3O6S. The van der Waals surface area contributed by atoms with Gasteiger partial charge in [0.2, 0.25) is 15.9 Å². The minimum atomic E-state index is -3.70. The molecule has 1 aromatic rings. The van der Waals surface area contributed by atoms with E-state index >= 15 is 0 Å². The SMILES string of the molecule is CCNC(=O)CNC(=O)COC(=O)c1cc(S(=O)(=O)N(C)C)ccc1C. The van der Waals surface area contributed by atoms with Gasteiger partial charge in [0.25, 0.3) is 5.91 Å². The summed E-state index contributed by atoms with van der Waals surface area (Å²) in [4.78, 5) is 35.0. The minimum absolute atomic E-state index is 0.0458. The van der Waals surface area contributed by atoms with Gasteiger partial charge < -0.3 is 15.4 Å².